The van der Waals surface area contributed by atoms with Gasteiger partial charge in [0, 0.05) is 23.2 Å². The lowest BCUT2D eigenvalue weighted by atomic mass is 10.2. The third-order valence-electron chi connectivity index (χ3n) is 1.59. The minimum Gasteiger partial charge on any atom is -0.249 e. The molecule has 0 saturated carbocycles. The molecule has 0 aromatic carbocycles. The Kier molecular flexibility index (Phi) is 1.98. The molecule has 0 aliphatic heterocycles. The highest BCUT2D eigenvalue weighted by Crippen LogP contribution is 2.25. The van der Waals surface area contributed by atoms with Gasteiger partial charge >= 0.3 is 0 Å². The molecule has 0 bridgehead atoms. The highest BCUT2D eigenvalue weighted by atomic mass is 79.9. The number of halogens is 2. The fourth-order valence-corrected chi connectivity index (χ4v) is 1.72. The fourth-order valence-electron chi connectivity index (χ4n) is 1.03. The van der Waals surface area contributed by atoms with E-state index >= 15 is 0 Å². The van der Waals surface area contributed by atoms with Crippen molar-refractivity contribution in [3.05, 3.63) is 34.3 Å². The van der Waals surface area contributed by atoms with Crippen molar-refractivity contribution in [2.75, 3.05) is 0 Å². The van der Waals surface area contributed by atoms with Crippen molar-refractivity contribution >= 4 is 38.3 Å². The van der Waals surface area contributed by atoms with Gasteiger partial charge in [0.2, 0.25) is 0 Å². The first-order chi connectivity index (χ1) is 5.79. The van der Waals surface area contributed by atoms with E-state index in [-0.39, 0.29) is 0 Å². The normalized spacial score (nSPS) is 10.5. The van der Waals surface area contributed by atoms with Gasteiger partial charge in [-0.1, -0.05) is 11.6 Å². The number of hydrogen-bond acceptors (Lipinski definition) is 2. The zero-order valence-corrected chi connectivity index (χ0v) is 8.30. The first-order valence-electron chi connectivity index (χ1n) is 3.34. The van der Waals surface area contributed by atoms with Crippen LogP contribution in [0.2, 0.25) is 5.15 Å². The Morgan fingerprint density at radius 3 is 2.50 bits per heavy atom. The monoisotopic (exact) mass is 242 g/mol. The molecule has 2 rings (SSSR count). The number of hydrogen-bond donors (Lipinski definition) is 0. The number of nitrogens with zero attached hydrogens (tertiary/aromatic N) is 2. The van der Waals surface area contributed by atoms with Crippen molar-refractivity contribution in [3.63, 3.8) is 0 Å². The van der Waals surface area contributed by atoms with Crippen LogP contribution in [0.1, 0.15) is 0 Å². The summed E-state index contributed by atoms with van der Waals surface area (Å²) in [5, 5.41) is 2.41. The van der Waals surface area contributed by atoms with Crippen LogP contribution in [-0.4, -0.2) is 9.97 Å². The van der Waals surface area contributed by atoms with E-state index in [1.807, 2.05) is 12.1 Å². The molecule has 60 valence electrons. The van der Waals surface area contributed by atoms with Crippen LogP contribution >= 0.6 is 27.5 Å². The van der Waals surface area contributed by atoms with Crippen LogP contribution in [0, 0.1) is 0 Å². The molecule has 2 heterocycles. The van der Waals surface area contributed by atoms with Crippen LogP contribution in [0.25, 0.3) is 10.8 Å². The second-order valence-corrected chi connectivity index (χ2v) is 3.41. The Balaban J connectivity index is 2.94. The highest BCUT2D eigenvalue weighted by molar-refractivity contribution is 9.10. The largest absolute Gasteiger partial charge is 0.249 e. The summed E-state index contributed by atoms with van der Waals surface area (Å²) in [4.78, 5) is 8.04. The number of fused-ring (bicyclic) bond motifs is 1. The molecule has 0 saturated heterocycles. The molecule has 0 amide bonds. The van der Waals surface area contributed by atoms with Crippen LogP contribution in [0.5, 0.6) is 0 Å². The van der Waals surface area contributed by atoms with Crippen LogP contribution in [0.15, 0.2) is 29.1 Å². The molecule has 0 atom stereocenters. The molecule has 0 aliphatic rings. The minimum absolute atomic E-state index is 0.510. The predicted molar refractivity (Wildman–Crippen MR) is 52.2 cm³/mol. The Bertz CT molecular complexity index is 389. The highest BCUT2D eigenvalue weighted by Gasteiger charge is 2.01. The van der Waals surface area contributed by atoms with Crippen LogP contribution < -0.4 is 0 Å². The van der Waals surface area contributed by atoms with Gasteiger partial charge in [0.1, 0.15) is 9.76 Å². The maximum absolute atomic E-state index is 5.87. The number of rotatable bonds is 0. The van der Waals surface area contributed by atoms with Crippen molar-refractivity contribution in [1.29, 1.82) is 0 Å². The molecule has 4 heteroatoms. The van der Waals surface area contributed by atoms with Crippen LogP contribution in [0.4, 0.5) is 0 Å². The lowest BCUT2D eigenvalue weighted by molar-refractivity contribution is 1.29. The minimum atomic E-state index is 0.510. The summed E-state index contributed by atoms with van der Waals surface area (Å²) < 4.78 is 0.796. The lowest BCUT2D eigenvalue weighted by Crippen LogP contribution is -1.81. The van der Waals surface area contributed by atoms with E-state index in [0.717, 1.165) is 15.4 Å². The van der Waals surface area contributed by atoms with Gasteiger partial charge < -0.3 is 0 Å². The SMILES string of the molecule is Clc1nccc2c(Br)nccc12. The molecule has 0 radical (unpaired) electrons. The summed E-state index contributed by atoms with van der Waals surface area (Å²) in [5.41, 5.74) is 0. The summed E-state index contributed by atoms with van der Waals surface area (Å²) in [6.07, 6.45) is 3.36. The van der Waals surface area contributed by atoms with E-state index in [1.165, 1.54) is 0 Å². The maximum Gasteiger partial charge on any atom is 0.136 e. The molecule has 0 unspecified atom stereocenters. The summed E-state index contributed by atoms with van der Waals surface area (Å²) >= 11 is 9.20. The molecule has 0 aliphatic carbocycles. The first kappa shape index (κ1) is 7.95. The molecular weight excluding hydrogens is 239 g/mol. The Morgan fingerprint density at radius 2 is 1.75 bits per heavy atom. The van der Waals surface area contributed by atoms with Crippen molar-refractivity contribution < 1.29 is 0 Å². The quantitative estimate of drug-likeness (QED) is 0.665. The van der Waals surface area contributed by atoms with Gasteiger partial charge in [0.25, 0.3) is 0 Å². The van der Waals surface area contributed by atoms with Gasteiger partial charge in [-0.25, -0.2) is 9.97 Å². The maximum atomic E-state index is 5.87. The van der Waals surface area contributed by atoms with E-state index in [0.29, 0.717) is 5.15 Å². The Morgan fingerprint density at radius 1 is 1.08 bits per heavy atom. The van der Waals surface area contributed by atoms with E-state index < -0.39 is 0 Å². The third-order valence-corrected chi connectivity index (χ3v) is 2.53. The second-order valence-electron chi connectivity index (χ2n) is 2.30. The van der Waals surface area contributed by atoms with Crippen molar-refractivity contribution in [2.45, 2.75) is 0 Å². The number of aromatic nitrogens is 2. The van der Waals surface area contributed by atoms with E-state index in [2.05, 4.69) is 25.9 Å². The smallest absolute Gasteiger partial charge is 0.136 e. The predicted octanol–water partition coefficient (Wildman–Crippen LogP) is 3.05. The molecule has 0 N–H and O–H groups in total. The molecule has 2 nitrogen and oxygen atoms in total. The standard InChI is InChI=1S/C8H4BrClN2/c9-7-5-1-4-12-8(10)6(5)2-3-11-7/h1-4H. The van der Waals surface area contributed by atoms with Gasteiger partial charge in [-0.05, 0) is 28.1 Å². The van der Waals surface area contributed by atoms with Gasteiger partial charge in [0.15, 0.2) is 0 Å². The second kappa shape index (κ2) is 2.99. The topological polar surface area (TPSA) is 25.8 Å². The van der Waals surface area contributed by atoms with Crippen molar-refractivity contribution in [3.8, 4) is 0 Å². The molecular formula is C8H4BrClN2. The van der Waals surface area contributed by atoms with Crippen molar-refractivity contribution in [2.24, 2.45) is 0 Å². The average molecular weight is 243 g/mol. The van der Waals surface area contributed by atoms with Crippen LogP contribution in [0.3, 0.4) is 0 Å². The molecule has 2 aromatic heterocycles. The Hall–Kier alpha value is -0.670. The van der Waals surface area contributed by atoms with Gasteiger partial charge in [-0.15, -0.1) is 0 Å². The molecule has 12 heavy (non-hydrogen) atoms. The molecule has 2 aromatic rings. The van der Waals surface area contributed by atoms with E-state index in [9.17, 15) is 0 Å². The summed E-state index contributed by atoms with van der Waals surface area (Å²) in [6, 6.07) is 3.72. The Labute approximate surface area is 82.7 Å². The van der Waals surface area contributed by atoms with E-state index in [4.69, 9.17) is 11.6 Å². The van der Waals surface area contributed by atoms with Gasteiger partial charge in [-0.2, -0.15) is 0 Å². The number of pyridine rings is 2. The van der Waals surface area contributed by atoms with Crippen molar-refractivity contribution in [1.82, 2.24) is 9.97 Å². The van der Waals surface area contributed by atoms with E-state index in [1.54, 1.807) is 12.4 Å². The lowest BCUT2D eigenvalue weighted by Gasteiger charge is -1.99. The fraction of sp³-hybridized carbons (Fsp3) is 0. The van der Waals surface area contributed by atoms with Gasteiger partial charge in [-0.3, -0.25) is 0 Å². The molecule has 0 fully saturated rings. The average Bonchev–Trinajstić information content (AvgIpc) is 2.07. The summed E-state index contributed by atoms with van der Waals surface area (Å²) in [5.74, 6) is 0. The first-order valence-corrected chi connectivity index (χ1v) is 4.51. The summed E-state index contributed by atoms with van der Waals surface area (Å²) in [6.45, 7) is 0. The summed E-state index contributed by atoms with van der Waals surface area (Å²) in [7, 11) is 0. The molecule has 0 spiro atoms. The third kappa shape index (κ3) is 1.19. The van der Waals surface area contributed by atoms with Gasteiger partial charge in [0.05, 0.1) is 0 Å². The van der Waals surface area contributed by atoms with Crippen LogP contribution in [-0.2, 0) is 0 Å². The zero-order chi connectivity index (χ0) is 8.55. The zero-order valence-electron chi connectivity index (χ0n) is 5.96.